The van der Waals surface area contributed by atoms with E-state index in [4.69, 9.17) is 0 Å². The zero-order valence-corrected chi connectivity index (χ0v) is 6.12. The van der Waals surface area contributed by atoms with Crippen molar-refractivity contribution < 1.29 is 0 Å². The predicted molar refractivity (Wildman–Crippen MR) is 42.5 cm³/mol. The Hall–Kier alpha value is -0.980. The first-order chi connectivity index (χ1) is 4.86. The molecule has 1 nitrogen and oxygen atoms in total. The summed E-state index contributed by atoms with van der Waals surface area (Å²) in [5.74, 6) is 0. The molecule has 1 heteroatoms. The van der Waals surface area contributed by atoms with Crippen LogP contribution in [0, 0.1) is 0 Å². The van der Waals surface area contributed by atoms with Crippen molar-refractivity contribution in [2.24, 2.45) is 0 Å². The second-order valence-electron chi connectivity index (χ2n) is 2.85. The predicted octanol–water partition coefficient (Wildman–Crippen LogP) is 1.70. The van der Waals surface area contributed by atoms with E-state index in [2.05, 4.69) is 42.3 Å². The molecule has 0 fully saturated rings. The normalized spacial score (nSPS) is 28.7. The van der Waals surface area contributed by atoms with Crippen LogP contribution in [-0.2, 0) is 0 Å². The fourth-order valence-corrected chi connectivity index (χ4v) is 1.42. The van der Waals surface area contributed by atoms with Gasteiger partial charge in [0, 0.05) is 12.7 Å². The van der Waals surface area contributed by atoms with Crippen LogP contribution in [0.3, 0.4) is 0 Å². The molecule has 52 valence electrons. The lowest BCUT2D eigenvalue weighted by molar-refractivity contribution is 0.415. The molecule has 0 aromatic rings. The van der Waals surface area contributed by atoms with E-state index in [0.717, 1.165) is 6.54 Å². The van der Waals surface area contributed by atoms with Gasteiger partial charge in [-0.2, -0.15) is 0 Å². The van der Waals surface area contributed by atoms with Gasteiger partial charge in [-0.05, 0) is 12.5 Å². The molecular weight excluding hydrogens is 122 g/mol. The van der Waals surface area contributed by atoms with Crippen LogP contribution in [0.4, 0.5) is 0 Å². The maximum atomic E-state index is 2.33. The first-order valence-electron chi connectivity index (χ1n) is 3.65. The monoisotopic (exact) mass is 133 g/mol. The van der Waals surface area contributed by atoms with Crippen LogP contribution < -0.4 is 0 Å². The first-order valence-corrected chi connectivity index (χ1v) is 3.65. The van der Waals surface area contributed by atoms with Crippen LogP contribution in [0.1, 0.15) is 6.92 Å². The third-order valence-electron chi connectivity index (χ3n) is 1.96. The van der Waals surface area contributed by atoms with Crippen molar-refractivity contribution in [1.29, 1.82) is 0 Å². The zero-order chi connectivity index (χ0) is 6.97. The van der Waals surface area contributed by atoms with E-state index >= 15 is 0 Å². The minimum Gasteiger partial charge on any atom is -0.364 e. The standard InChI is InChI=1S/C9H11N/c1-8-4-5-9-3-2-6-10(9)7-8/h2-5,7,9H,6H2,1H3. The molecule has 0 radical (unpaired) electrons. The van der Waals surface area contributed by atoms with Crippen molar-refractivity contribution in [3.8, 4) is 0 Å². The van der Waals surface area contributed by atoms with Crippen LogP contribution in [-0.4, -0.2) is 17.5 Å². The quantitative estimate of drug-likeness (QED) is 0.455. The maximum absolute atomic E-state index is 2.33. The van der Waals surface area contributed by atoms with Crippen molar-refractivity contribution in [1.82, 2.24) is 4.90 Å². The number of hydrogen-bond acceptors (Lipinski definition) is 1. The van der Waals surface area contributed by atoms with E-state index in [9.17, 15) is 0 Å². The van der Waals surface area contributed by atoms with Crippen LogP contribution >= 0.6 is 0 Å². The van der Waals surface area contributed by atoms with Crippen LogP contribution in [0.2, 0.25) is 0 Å². The minimum atomic E-state index is 0.545. The Balaban J connectivity index is 2.25. The molecule has 2 aliphatic rings. The average molecular weight is 133 g/mol. The van der Waals surface area contributed by atoms with Crippen molar-refractivity contribution in [3.05, 3.63) is 36.1 Å². The molecule has 2 aliphatic heterocycles. The largest absolute Gasteiger partial charge is 0.364 e. The Bertz CT molecular complexity index is 223. The molecule has 1 atom stereocenters. The number of fused-ring (bicyclic) bond motifs is 1. The molecule has 10 heavy (non-hydrogen) atoms. The lowest BCUT2D eigenvalue weighted by Crippen LogP contribution is -2.24. The molecule has 0 N–H and O–H groups in total. The van der Waals surface area contributed by atoms with Crippen molar-refractivity contribution >= 4 is 0 Å². The maximum Gasteiger partial charge on any atom is 0.0659 e. The Labute approximate surface area is 61.3 Å². The number of nitrogens with zero attached hydrogens (tertiary/aromatic N) is 1. The lowest BCUT2D eigenvalue weighted by Gasteiger charge is -2.23. The van der Waals surface area contributed by atoms with Gasteiger partial charge in [0.1, 0.15) is 0 Å². The minimum absolute atomic E-state index is 0.545. The third-order valence-corrected chi connectivity index (χ3v) is 1.96. The second-order valence-corrected chi connectivity index (χ2v) is 2.85. The SMILES string of the molecule is CC1=CN2CC=CC2C=C1. The van der Waals surface area contributed by atoms with Gasteiger partial charge >= 0.3 is 0 Å². The third kappa shape index (κ3) is 0.783. The van der Waals surface area contributed by atoms with Crippen LogP contribution in [0.25, 0.3) is 0 Å². The van der Waals surface area contributed by atoms with Crippen LogP contribution in [0.5, 0.6) is 0 Å². The van der Waals surface area contributed by atoms with Gasteiger partial charge < -0.3 is 4.90 Å². The molecule has 0 aromatic carbocycles. The summed E-state index contributed by atoms with van der Waals surface area (Å²) in [5, 5.41) is 0. The van der Waals surface area contributed by atoms with Gasteiger partial charge in [0.05, 0.1) is 6.04 Å². The zero-order valence-electron chi connectivity index (χ0n) is 6.12. The van der Waals surface area contributed by atoms with E-state index in [0.29, 0.717) is 6.04 Å². The topological polar surface area (TPSA) is 3.24 Å². The van der Waals surface area contributed by atoms with E-state index < -0.39 is 0 Å². The number of hydrogen-bond donors (Lipinski definition) is 0. The number of allylic oxidation sites excluding steroid dienone is 2. The summed E-state index contributed by atoms with van der Waals surface area (Å²) in [5.41, 5.74) is 1.35. The molecule has 0 bridgehead atoms. The highest BCUT2D eigenvalue weighted by molar-refractivity contribution is 5.28. The van der Waals surface area contributed by atoms with Gasteiger partial charge in [0.25, 0.3) is 0 Å². The molecule has 0 amide bonds. The summed E-state index contributed by atoms with van der Waals surface area (Å²) >= 11 is 0. The average Bonchev–Trinajstić information content (AvgIpc) is 2.33. The van der Waals surface area contributed by atoms with Crippen molar-refractivity contribution in [3.63, 3.8) is 0 Å². The Morgan fingerprint density at radius 1 is 1.50 bits per heavy atom. The Kier molecular flexibility index (Phi) is 1.16. The summed E-state index contributed by atoms with van der Waals surface area (Å²) in [6, 6.07) is 0.545. The highest BCUT2D eigenvalue weighted by Gasteiger charge is 2.15. The fourth-order valence-electron chi connectivity index (χ4n) is 1.42. The first kappa shape index (κ1) is 5.78. The second kappa shape index (κ2) is 2.01. The summed E-state index contributed by atoms with van der Waals surface area (Å²) < 4.78 is 0. The van der Waals surface area contributed by atoms with E-state index in [1.165, 1.54) is 5.57 Å². The van der Waals surface area contributed by atoms with Gasteiger partial charge in [-0.1, -0.05) is 24.3 Å². The van der Waals surface area contributed by atoms with Gasteiger partial charge in [-0.25, -0.2) is 0 Å². The van der Waals surface area contributed by atoms with E-state index in [-0.39, 0.29) is 0 Å². The van der Waals surface area contributed by atoms with Crippen molar-refractivity contribution in [2.45, 2.75) is 13.0 Å². The highest BCUT2D eigenvalue weighted by Crippen LogP contribution is 2.17. The summed E-state index contributed by atoms with van der Waals surface area (Å²) in [4.78, 5) is 2.33. The molecule has 2 heterocycles. The molecule has 2 rings (SSSR count). The van der Waals surface area contributed by atoms with Gasteiger partial charge in [-0.3, -0.25) is 0 Å². The smallest absolute Gasteiger partial charge is 0.0659 e. The van der Waals surface area contributed by atoms with Crippen LogP contribution in [0.15, 0.2) is 36.1 Å². The lowest BCUT2D eigenvalue weighted by atomic mass is 10.1. The van der Waals surface area contributed by atoms with Gasteiger partial charge in [0.2, 0.25) is 0 Å². The van der Waals surface area contributed by atoms with E-state index in [1.54, 1.807) is 0 Å². The molecule has 0 aliphatic carbocycles. The Morgan fingerprint density at radius 2 is 2.40 bits per heavy atom. The molecule has 0 saturated heterocycles. The van der Waals surface area contributed by atoms with Gasteiger partial charge in [0.15, 0.2) is 0 Å². The van der Waals surface area contributed by atoms with Gasteiger partial charge in [-0.15, -0.1) is 0 Å². The summed E-state index contributed by atoms with van der Waals surface area (Å²) in [6.45, 7) is 3.21. The molecule has 1 unspecified atom stereocenters. The number of rotatable bonds is 0. The summed E-state index contributed by atoms with van der Waals surface area (Å²) in [6.07, 6.45) is 11.1. The molecular formula is C9H11N. The molecule has 0 spiro atoms. The van der Waals surface area contributed by atoms with E-state index in [1.807, 2.05) is 0 Å². The molecule has 0 aromatic heterocycles. The van der Waals surface area contributed by atoms with Crippen molar-refractivity contribution in [2.75, 3.05) is 6.54 Å². The summed E-state index contributed by atoms with van der Waals surface area (Å²) in [7, 11) is 0. The highest BCUT2D eigenvalue weighted by atomic mass is 15.1. The Morgan fingerprint density at radius 3 is 3.30 bits per heavy atom. The molecule has 0 saturated carbocycles. The fraction of sp³-hybridized carbons (Fsp3) is 0.333.